The standard InChI is InChI=1S/C17H13F6NO2/c1-15(18,19)17(22,23)16(20,21)11-4-8-13(9-5-11)26-12-6-2-10(3-7-12)14(24)25/h2-9H,1H3,(H2,24,25). The maximum Gasteiger partial charge on any atom is 0.375 e. The molecule has 0 bridgehead atoms. The average molecular weight is 377 g/mol. The van der Waals surface area contributed by atoms with Crippen LogP contribution in [-0.2, 0) is 5.92 Å². The van der Waals surface area contributed by atoms with Crippen molar-refractivity contribution in [1.29, 1.82) is 0 Å². The Balaban J connectivity index is 2.21. The summed E-state index contributed by atoms with van der Waals surface area (Å²) in [4.78, 5) is 10.9. The molecule has 0 radical (unpaired) electrons. The average Bonchev–Trinajstić information content (AvgIpc) is 2.54. The van der Waals surface area contributed by atoms with E-state index in [0.717, 1.165) is 12.1 Å². The number of carbonyl (C=O) groups excluding carboxylic acids is 1. The summed E-state index contributed by atoms with van der Waals surface area (Å²) in [6.07, 6.45) is 0. The first-order chi connectivity index (χ1) is 11.9. The molecule has 26 heavy (non-hydrogen) atoms. The van der Waals surface area contributed by atoms with Gasteiger partial charge < -0.3 is 10.5 Å². The summed E-state index contributed by atoms with van der Waals surface area (Å²) < 4.78 is 85.3. The number of halogens is 6. The fourth-order valence-corrected chi connectivity index (χ4v) is 2.01. The molecular formula is C17H13F6NO2. The Labute approximate surface area is 144 Å². The smallest absolute Gasteiger partial charge is 0.375 e. The highest BCUT2D eigenvalue weighted by atomic mass is 19.3. The van der Waals surface area contributed by atoms with Crippen molar-refractivity contribution < 1.29 is 35.9 Å². The summed E-state index contributed by atoms with van der Waals surface area (Å²) in [5.41, 5.74) is 4.01. The predicted octanol–water partition coefficient (Wildman–Crippen LogP) is 4.96. The van der Waals surface area contributed by atoms with Crippen LogP contribution in [-0.4, -0.2) is 17.8 Å². The second kappa shape index (κ2) is 6.54. The molecule has 2 rings (SSSR count). The zero-order valence-corrected chi connectivity index (χ0v) is 13.3. The molecule has 1 amide bonds. The molecule has 0 heterocycles. The lowest BCUT2D eigenvalue weighted by Gasteiger charge is -2.31. The van der Waals surface area contributed by atoms with E-state index in [9.17, 15) is 31.1 Å². The minimum Gasteiger partial charge on any atom is -0.457 e. The molecule has 0 fully saturated rings. The SMILES string of the molecule is CC(F)(F)C(F)(F)C(F)(F)c1ccc(Oc2ccc(C(N)=O)cc2)cc1. The van der Waals surface area contributed by atoms with Crippen molar-refractivity contribution in [2.24, 2.45) is 5.73 Å². The van der Waals surface area contributed by atoms with Crippen LogP contribution in [0.5, 0.6) is 11.5 Å². The van der Waals surface area contributed by atoms with Gasteiger partial charge in [-0.15, -0.1) is 0 Å². The van der Waals surface area contributed by atoms with Gasteiger partial charge in [-0.1, -0.05) is 0 Å². The van der Waals surface area contributed by atoms with Crippen molar-refractivity contribution in [3.63, 3.8) is 0 Å². The molecule has 0 atom stereocenters. The van der Waals surface area contributed by atoms with Gasteiger partial charge in [-0.25, -0.2) is 0 Å². The van der Waals surface area contributed by atoms with E-state index in [1.54, 1.807) is 0 Å². The number of primary amides is 1. The highest BCUT2D eigenvalue weighted by Crippen LogP contribution is 2.51. The molecule has 2 aromatic rings. The first kappa shape index (κ1) is 19.6. The van der Waals surface area contributed by atoms with E-state index in [1.807, 2.05) is 0 Å². The normalized spacial score (nSPS) is 12.7. The maximum atomic E-state index is 13.8. The molecule has 0 aliphatic rings. The molecule has 9 heteroatoms. The quantitative estimate of drug-likeness (QED) is 0.724. The van der Waals surface area contributed by atoms with Crippen molar-refractivity contribution in [2.75, 3.05) is 0 Å². The number of ether oxygens (including phenoxy) is 1. The Bertz CT molecular complexity index is 782. The molecule has 2 aromatic carbocycles. The van der Waals surface area contributed by atoms with Crippen LogP contribution in [0.4, 0.5) is 26.3 Å². The fraction of sp³-hybridized carbons (Fsp3) is 0.235. The van der Waals surface area contributed by atoms with Gasteiger partial charge in [0, 0.05) is 18.1 Å². The molecule has 0 unspecified atom stereocenters. The molecule has 0 saturated carbocycles. The largest absolute Gasteiger partial charge is 0.457 e. The lowest BCUT2D eigenvalue weighted by molar-refractivity contribution is -0.308. The molecular weight excluding hydrogens is 364 g/mol. The molecule has 0 aromatic heterocycles. The van der Waals surface area contributed by atoms with E-state index in [-0.39, 0.29) is 24.0 Å². The second-order valence-electron chi connectivity index (χ2n) is 5.55. The number of amides is 1. The number of carbonyl (C=O) groups is 1. The van der Waals surface area contributed by atoms with Crippen LogP contribution in [0.3, 0.4) is 0 Å². The number of hydrogen-bond acceptors (Lipinski definition) is 2. The molecule has 2 N–H and O–H groups in total. The number of alkyl halides is 6. The highest BCUT2D eigenvalue weighted by Gasteiger charge is 2.69. The zero-order chi connectivity index (χ0) is 19.8. The lowest BCUT2D eigenvalue weighted by atomic mass is 9.98. The Kier molecular flexibility index (Phi) is 4.94. The van der Waals surface area contributed by atoms with Gasteiger partial charge in [-0.2, -0.15) is 26.3 Å². The van der Waals surface area contributed by atoms with Crippen LogP contribution in [0.1, 0.15) is 22.8 Å². The minimum atomic E-state index is -5.56. The number of rotatable bonds is 6. The van der Waals surface area contributed by atoms with Gasteiger partial charge in [-0.3, -0.25) is 4.79 Å². The molecule has 0 aliphatic heterocycles. The van der Waals surface area contributed by atoms with Gasteiger partial charge in [0.05, 0.1) is 0 Å². The van der Waals surface area contributed by atoms with Crippen LogP contribution >= 0.6 is 0 Å². The first-order valence-electron chi connectivity index (χ1n) is 7.18. The third kappa shape index (κ3) is 3.61. The Hall–Kier alpha value is -2.71. The summed E-state index contributed by atoms with van der Waals surface area (Å²) >= 11 is 0. The monoisotopic (exact) mass is 377 g/mol. The Morgan fingerprint density at radius 3 is 1.65 bits per heavy atom. The second-order valence-corrected chi connectivity index (χ2v) is 5.55. The number of nitrogens with two attached hydrogens (primary N) is 1. The van der Waals surface area contributed by atoms with Crippen LogP contribution in [0.25, 0.3) is 0 Å². The summed E-state index contributed by atoms with van der Waals surface area (Å²) in [5, 5.41) is 0. The van der Waals surface area contributed by atoms with Crippen LogP contribution in [0, 0.1) is 0 Å². The van der Waals surface area contributed by atoms with E-state index in [2.05, 4.69) is 0 Å². The maximum absolute atomic E-state index is 13.8. The van der Waals surface area contributed by atoms with Gasteiger partial charge in [0.2, 0.25) is 5.91 Å². The summed E-state index contributed by atoms with van der Waals surface area (Å²) in [6.45, 7) is -0.270. The zero-order valence-electron chi connectivity index (χ0n) is 13.3. The summed E-state index contributed by atoms with van der Waals surface area (Å²) in [7, 11) is 0. The lowest BCUT2D eigenvalue weighted by Crippen LogP contribution is -2.50. The van der Waals surface area contributed by atoms with Crippen LogP contribution in [0.2, 0.25) is 0 Å². The summed E-state index contributed by atoms with van der Waals surface area (Å²) in [6, 6.07) is 8.53. The van der Waals surface area contributed by atoms with Crippen molar-refractivity contribution in [1.82, 2.24) is 0 Å². The van der Waals surface area contributed by atoms with Gasteiger partial charge in [0.1, 0.15) is 11.5 Å². The Morgan fingerprint density at radius 1 is 0.846 bits per heavy atom. The summed E-state index contributed by atoms with van der Waals surface area (Å²) in [5.74, 6) is -16.0. The van der Waals surface area contributed by atoms with Crippen molar-refractivity contribution in [3.05, 3.63) is 59.7 Å². The van der Waals surface area contributed by atoms with E-state index >= 15 is 0 Å². The van der Waals surface area contributed by atoms with E-state index in [0.29, 0.717) is 12.1 Å². The third-order valence-corrected chi connectivity index (χ3v) is 3.54. The number of hydrogen-bond donors (Lipinski definition) is 1. The van der Waals surface area contributed by atoms with Crippen molar-refractivity contribution in [3.8, 4) is 11.5 Å². The van der Waals surface area contributed by atoms with E-state index in [1.165, 1.54) is 24.3 Å². The topological polar surface area (TPSA) is 52.3 Å². The van der Waals surface area contributed by atoms with Crippen molar-refractivity contribution in [2.45, 2.75) is 24.7 Å². The molecule has 0 aliphatic carbocycles. The molecule has 3 nitrogen and oxygen atoms in total. The van der Waals surface area contributed by atoms with Gasteiger partial charge in [-0.05, 0) is 48.5 Å². The first-order valence-corrected chi connectivity index (χ1v) is 7.18. The van der Waals surface area contributed by atoms with Gasteiger partial charge in [0.25, 0.3) is 0 Å². The number of benzene rings is 2. The predicted molar refractivity (Wildman–Crippen MR) is 80.9 cm³/mol. The molecule has 140 valence electrons. The van der Waals surface area contributed by atoms with Gasteiger partial charge >= 0.3 is 17.8 Å². The third-order valence-electron chi connectivity index (χ3n) is 3.54. The molecule has 0 saturated heterocycles. The van der Waals surface area contributed by atoms with E-state index in [4.69, 9.17) is 10.5 Å². The van der Waals surface area contributed by atoms with Crippen LogP contribution in [0.15, 0.2) is 48.5 Å². The highest BCUT2D eigenvalue weighted by molar-refractivity contribution is 5.92. The van der Waals surface area contributed by atoms with Gasteiger partial charge in [0.15, 0.2) is 0 Å². The van der Waals surface area contributed by atoms with Crippen LogP contribution < -0.4 is 10.5 Å². The molecule has 0 spiro atoms. The van der Waals surface area contributed by atoms with E-state index < -0.39 is 29.2 Å². The van der Waals surface area contributed by atoms with Crippen molar-refractivity contribution >= 4 is 5.91 Å². The Morgan fingerprint density at radius 2 is 1.27 bits per heavy atom. The minimum absolute atomic E-state index is 0.00273. The fourth-order valence-electron chi connectivity index (χ4n) is 2.01.